The molecule has 0 fully saturated rings. The van der Waals surface area contributed by atoms with Crippen LogP contribution in [0.2, 0.25) is 0 Å². The molecule has 0 bridgehead atoms. The predicted octanol–water partition coefficient (Wildman–Crippen LogP) is 3.38. The lowest BCUT2D eigenvalue weighted by Gasteiger charge is -2.10. The summed E-state index contributed by atoms with van der Waals surface area (Å²) in [6, 6.07) is 3.07. The van der Waals surface area contributed by atoms with E-state index in [9.17, 15) is 23.3 Å². The second kappa shape index (κ2) is 4.71. The van der Waals surface area contributed by atoms with Gasteiger partial charge in [0.25, 0.3) is 5.69 Å². The van der Waals surface area contributed by atoms with E-state index in [1.807, 2.05) is 0 Å². The average Bonchev–Trinajstić information content (AvgIpc) is 2.25. The van der Waals surface area contributed by atoms with Gasteiger partial charge in [-0.15, -0.1) is 0 Å². The lowest BCUT2D eigenvalue weighted by molar-refractivity contribution is -0.388. The summed E-state index contributed by atoms with van der Waals surface area (Å²) in [5, 5.41) is 19.1. The number of benzene rings is 1. The second-order valence-corrected chi connectivity index (χ2v) is 3.59. The van der Waals surface area contributed by atoms with Crippen molar-refractivity contribution < 1.29 is 18.1 Å². The summed E-state index contributed by atoms with van der Waals surface area (Å²) >= 11 is 2.86. The number of rotatable bonds is 2. The number of hydrogen-bond acceptors (Lipinski definition) is 3. The number of nitriles is 1. The van der Waals surface area contributed by atoms with Crippen LogP contribution in [0.15, 0.2) is 12.1 Å². The molecule has 90 valence electrons. The number of hydrogen-bond donors (Lipinski definition) is 0. The van der Waals surface area contributed by atoms with Crippen LogP contribution < -0.4 is 0 Å². The van der Waals surface area contributed by atoms with Crippen molar-refractivity contribution >= 4 is 21.6 Å². The Morgan fingerprint density at radius 2 is 2.06 bits per heavy atom. The Morgan fingerprint density at radius 1 is 1.47 bits per heavy atom. The summed E-state index contributed by atoms with van der Waals surface area (Å²) in [4.78, 5) is 9.55. The molecule has 0 N–H and O–H groups in total. The lowest BCUT2D eigenvalue weighted by atomic mass is 10.0. The summed E-state index contributed by atoms with van der Waals surface area (Å²) < 4.78 is 37.8. The van der Waals surface area contributed by atoms with E-state index in [0.717, 1.165) is 6.07 Å². The number of nitrogens with zero attached hydrogens (tertiary/aromatic N) is 2. The average molecular weight is 309 g/mol. The Labute approximate surface area is 102 Å². The standard InChI is InChI=1S/C9H4BrF3N2O2/c10-3-6-1-5(4-14)2-7(9(11,12)13)8(6)15(16)17/h1-2H,3H2. The van der Waals surface area contributed by atoms with E-state index in [0.29, 0.717) is 6.07 Å². The van der Waals surface area contributed by atoms with E-state index >= 15 is 0 Å². The molecule has 0 aliphatic heterocycles. The number of alkyl halides is 4. The predicted molar refractivity (Wildman–Crippen MR) is 55.4 cm³/mol. The normalized spacial score (nSPS) is 11.0. The molecular formula is C9H4BrF3N2O2. The molecule has 1 rings (SSSR count). The maximum absolute atomic E-state index is 12.6. The van der Waals surface area contributed by atoms with Crippen molar-refractivity contribution in [1.29, 1.82) is 5.26 Å². The minimum Gasteiger partial charge on any atom is -0.258 e. The van der Waals surface area contributed by atoms with E-state index in [1.165, 1.54) is 6.07 Å². The highest BCUT2D eigenvalue weighted by molar-refractivity contribution is 9.08. The second-order valence-electron chi connectivity index (χ2n) is 3.03. The molecule has 0 aromatic heterocycles. The zero-order valence-corrected chi connectivity index (χ0v) is 9.67. The first kappa shape index (κ1) is 13.4. The Morgan fingerprint density at radius 3 is 2.41 bits per heavy atom. The smallest absolute Gasteiger partial charge is 0.258 e. The maximum Gasteiger partial charge on any atom is 0.423 e. The minimum absolute atomic E-state index is 0.137. The van der Waals surface area contributed by atoms with Crippen LogP contribution in [-0.4, -0.2) is 4.92 Å². The lowest BCUT2D eigenvalue weighted by Crippen LogP contribution is -2.11. The van der Waals surface area contributed by atoms with Crippen molar-refractivity contribution in [2.24, 2.45) is 0 Å². The number of halogens is 4. The molecule has 0 amide bonds. The first-order chi connectivity index (χ1) is 7.81. The molecule has 4 nitrogen and oxygen atoms in total. The van der Waals surface area contributed by atoms with E-state index in [-0.39, 0.29) is 16.5 Å². The molecule has 17 heavy (non-hydrogen) atoms. The maximum atomic E-state index is 12.6. The van der Waals surface area contributed by atoms with E-state index in [1.54, 1.807) is 0 Å². The molecule has 0 spiro atoms. The van der Waals surface area contributed by atoms with Gasteiger partial charge in [0.15, 0.2) is 0 Å². The van der Waals surface area contributed by atoms with Crippen LogP contribution in [0.25, 0.3) is 0 Å². The monoisotopic (exact) mass is 308 g/mol. The van der Waals surface area contributed by atoms with Gasteiger partial charge in [0, 0.05) is 10.9 Å². The van der Waals surface area contributed by atoms with Crippen molar-refractivity contribution in [3.63, 3.8) is 0 Å². The van der Waals surface area contributed by atoms with Gasteiger partial charge in [-0.3, -0.25) is 10.1 Å². The van der Waals surface area contributed by atoms with Crippen molar-refractivity contribution in [2.45, 2.75) is 11.5 Å². The minimum atomic E-state index is -4.87. The van der Waals surface area contributed by atoms with Crippen LogP contribution in [0.4, 0.5) is 18.9 Å². The topological polar surface area (TPSA) is 66.9 Å². The first-order valence-corrected chi connectivity index (χ1v) is 5.28. The molecular weight excluding hydrogens is 305 g/mol. The fourth-order valence-electron chi connectivity index (χ4n) is 1.29. The molecule has 1 aromatic rings. The van der Waals surface area contributed by atoms with Crippen LogP contribution in [0, 0.1) is 21.4 Å². The largest absolute Gasteiger partial charge is 0.423 e. The van der Waals surface area contributed by atoms with Gasteiger partial charge in [0.2, 0.25) is 0 Å². The van der Waals surface area contributed by atoms with E-state index in [2.05, 4.69) is 15.9 Å². The molecule has 0 aliphatic rings. The summed E-state index contributed by atoms with van der Waals surface area (Å²) in [5.41, 5.74) is -2.87. The quantitative estimate of drug-likeness (QED) is 0.478. The SMILES string of the molecule is N#Cc1cc(CBr)c([N+](=O)[O-])c(C(F)(F)F)c1. The van der Waals surface area contributed by atoms with Gasteiger partial charge in [0.05, 0.1) is 16.6 Å². The Bertz CT molecular complexity index is 508. The van der Waals surface area contributed by atoms with Crippen LogP contribution in [0.1, 0.15) is 16.7 Å². The highest BCUT2D eigenvalue weighted by Crippen LogP contribution is 2.39. The molecule has 0 radical (unpaired) electrons. The molecule has 0 unspecified atom stereocenters. The number of nitro benzene ring substituents is 1. The van der Waals surface area contributed by atoms with Crippen molar-refractivity contribution in [2.75, 3.05) is 0 Å². The summed E-state index contributed by atoms with van der Waals surface area (Å²) in [6.07, 6.45) is -4.87. The molecule has 0 atom stereocenters. The third kappa shape index (κ3) is 2.74. The zero-order chi connectivity index (χ0) is 13.2. The van der Waals surface area contributed by atoms with Crippen LogP contribution in [0.5, 0.6) is 0 Å². The van der Waals surface area contributed by atoms with Gasteiger partial charge in [-0.25, -0.2) is 0 Å². The number of nitro groups is 1. The molecule has 0 heterocycles. The Hall–Kier alpha value is -1.62. The third-order valence-corrected chi connectivity index (χ3v) is 2.55. The molecule has 0 aliphatic carbocycles. The molecule has 0 saturated heterocycles. The van der Waals surface area contributed by atoms with Crippen molar-refractivity contribution in [1.82, 2.24) is 0 Å². The first-order valence-electron chi connectivity index (χ1n) is 4.15. The Balaban J connectivity index is 3.66. The molecule has 1 aromatic carbocycles. The van der Waals surface area contributed by atoms with Gasteiger partial charge in [-0.2, -0.15) is 18.4 Å². The van der Waals surface area contributed by atoms with Crippen molar-refractivity contribution in [3.8, 4) is 6.07 Å². The van der Waals surface area contributed by atoms with E-state index < -0.39 is 22.4 Å². The van der Waals surface area contributed by atoms with E-state index in [4.69, 9.17) is 5.26 Å². The fraction of sp³-hybridized carbons (Fsp3) is 0.222. The molecule has 0 saturated carbocycles. The highest BCUT2D eigenvalue weighted by atomic mass is 79.9. The zero-order valence-electron chi connectivity index (χ0n) is 8.08. The summed E-state index contributed by atoms with van der Waals surface area (Å²) in [6.45, 7) is 0. The van der Waals surface area contributed by atoms with Crippen LogP contribution >= 0.6 is 15.9 Å². The Kier molecular flexibility index (Phi) is 3.72. The van der Waals surface area contributed by atoms with Crippen molar-refractivity contribution in [3.05, 3.63) is 38.9 Å². The molecule has 8 heteroatoms. The fourth-order valence-corrected chi connectivity index (χ4v) is 1.72. The van der Waals surface area contributed by atoms with Gasteiger partial charge in [-0.05, 0) is 12.1 Å². The third-order valence-electron chi connectivity index (χ3n) is 1.95. The van der Waals surface area contributed by atoms with Gasteiger partial charge in [0.1, 0.15) is 5.56 Å². The van der Waals surface area contributed by atoms with Gasteiger partial charge >= 0.3 is 6.18 Å². The van der Waals surface area contributed by atoms with Crippen LogP contribution in [0.3, 0.4) is 0 Å². The van der Waals surface area contributed by atoms with Gasteiger partial charge < -0.3 is 0 Å². The summed E-state index contributed by atoms with van der Waals surface area (Å²) in [7, 11) is 0. The van der Waals surface area contributed by atoms with Gasteiger partial charge in [-0.1, -0.05) is 15.9 Å². The summed E-state index contributed by atoms with van der Waals surface area (Å²) in [5.74, 6) is 0. The van der Waals surface area contributed by atoms with Crippen LogP contribution in [-0.2, 0) is 11.5 Å². The highest BCUT2D eigenvalue weighted by Gasteiger charge is 2.40.